The van der Waals surface area contributed by atoms with Crippen LogP contribution in [0.1, 0.15) is 0 Å². The van der Waals surface area contributed by atoms with E-state index in [9.17, 15) is 0 Å². The number of alkyl halides is 3. The third-order valence-corrected chi connectivity index (χ3v) is 2.02. The summed E-state index contributed by atoms with van der Waals surface area (Å²) in [7, 11) is 0. The summed E-state index contributed by atoms with van der Waals surface area (Å²) in [6, 6.07) is 0. The fraction of sp³-hybridized carbons (Fsp3) is 0.600. The van der Waals surface area contributed by atoms with Crippen LogP contribution in [-0.4, -0.2) is 17.1 Å². The van der Waals surface area contributed by atoms with Crippen LogP contribution in [0.25, 0.3) is 0 Å². The van der Waals surface area contributed by atoms with Gasteiger partial charge in [-0.05, 0) is 5.57 Å². The quantitative estimate of drug-likeness (QED) is 0.455. The number of hydrogen-bond donors (Lipinski definition) is 0. The molecule has 0 aliphatic rings. The van der Waals surface area contributed by atoms with Crippen LogP contribution < -0.4 is 0 Å². The predicted octanol–water partition coefficient (Wildman–Crippen LogP) is 2.63. The summed E-state index contributed by atoms with van der Waals surface area (Å²) in [6.07, 6.45) is 0. The summed E-state index contributed by atoms with van der Waals surface area (Å²) < 4.78 is 0. The molecule has 8 heavy (non-hydrogen) atoms. The lowest BCUT2D eigenvalue weighted by molar-refractivity contribution is 1.13. The van der Waals surface area contributed by atoms with Gasteiger partial charge in [-0.15, -0.1) is 34.8 Å². The van der Waals surface area contributed by atoms with E-state index >= 15 is 0 Å². The van der Waals surface area contributed by atoms with Gasteiger partial charge >= 0.3 is 0 Å². The molecule has 0 fully saturated rings. The summed E-state index contributed by atoms with van der Waals surface area (Å²) in [5.74, 6) is 0.772. The summed E-state index contributed by atoms with van der Waals surface area (Å²) >= 11 is 16.4. The van der Waals surface area contributed by atoms with E-state index in [1.807, 2.05) is 0 Å². The molecule has 0 saturated carbocycles. The highest BCUT2D eigenvalue weighted by atomic mass is 35.5. The van der Waals surface area contributed by atoms with Crippen LogP contribution in [0.15, 0.2) is 12.2 Å². The maximum atomic E-state index is 5.60. The van der Waals surface area contributed by atoms with Gasteiger partial charge in [0.2, 0.25) is 0 Å². The SMILES string of the molecule is C=C(CCl)C(Cl)CCl. The Morgan fingerprint density at radius 1 is 1.50 bits per heavy atom. The molecule has 0 aromatic rings. The Bertz CT molecular complexity index is 79.7. The second-order valence-electron chi connectivity index (χ2n) is 1.41. The van der Waals surface area contributed by atoms with E-state index in [2.05, 4.69) is 6.58 Å². The van der Waals surface area contributed by atoms with Gasteiger partial charge in [0.15, 0.2) is 0 Å². The molecule has 0 nitrogen and oxygen atoms in total. The molecule has 1 unspecified atom stereocenters. The lowest BCUT2D eigenvalue weighted by Crippen LogP contribution is -2.03. The smallest absolute Gasteiger partial charge is 0.0689 e. The Hall–Kier alpha value is 0.610. The molecule has 0 spiro atoms. The first-order valence-electron chi connectivity index (χ1n) is 2.16. The van der Waals surface area contributed by atoms with E-state index in [-0.39, 0.29) is 5.38 Å². The molecule has 0 bridgehead atoms. The minimum atomic E-state index is -0.172. The van der Waals surface area contributed by atoms with E-state index in [0.717, 1.165) is 5.57 Å². The molecule has 0 aliphatic carbocycles. The van der Waals surface area contributed by atoms with Crippen LogP contribution in [0.4, 0.5) is 0 Å². The maximum absolute atomic E-state index is 5.60. The van der Waals surface area contributed by atoms with E-state index in [1.54, 1.807) is 0 Å². The van der Waals surface area contributed by atoms with Crippen LogP contribution in [0, 0.1) is 0 Å². The largest absolute Gasteiger partial charge is 0.125 e. The number of allylic oxidation sites excluding steroid dienone is 1. The van der Waals surface area contributed by atoms with Gasteiger partial charge in [-0.1, -0.05) is 6.58 Å². The van der Waals surface area contributed by atoms with Crippen molar-refractivity contribution >= 4 is 34.8 Å². The third kappa shape index (κ3) is 2.81. The van der Waals surface area contributed by atoms with Crippen molar-refractivity contribution in [3.63, 3.8) is 0 Å². The summed E-state index contributed by atoms with van der Waals surface area (Å²) in [5, 5.41) is -0.172. The highest BCUT2D eigenvalue weighted by molar-refractivity contribution is 6.30. The molecule has 0 rings (SSSR count). The zero-order valence-corrected chi connectivity index (χ0v) is 6.60. The van der Waals surface area contributed by atoms with Gasteiger partial charge in [-0.25, -0.2) is 0 Å². The van der Waals surface area contributed by atoms with E-state index in [1.165, 1.54) is 0 Å². The Morgan fingerprint density at radius 2 is 2.00 bits per heavy atom. The molecule has 0 radical (unpaired) electrons. The molecule has 0 aliphatic heterocycles. The molecule has 0 N–H and O–H groups in total. The normalized spacial score (nSPS) is 13.4. The minimum absolute atomic E-state index is 0.172. The Balaban J connectivity index is 3.46. The van der Waals surface area contributed by atoms with Crippen LogP contribution >= 0.6 is 34.8 Å². The molecule has 0 amide bonds. The molecule has 0 saturated heterocycles. The van der Waals surface area contributed by atoms with Crippen LogP contribution in [0.5, 0.6) is 0 Å². The van der Waals surface area contributed by atoms with Crippen molar-refractivity contribution in [1.82, 2.24) is 0 Å². The van der Waals surface area contributed by atoms with E-state index in [4.69, 9.17) is 34.8 Å². The monoisotopic (exact) mass is 172 g/mol. The molecule has 3 heteroatoms. The van der Waals surface area contributed by atoms with Gasteiger partial charge < -0.3 is 0 Å². The Morgan fingerprint density at radius 3 is 2.12 bits per heavy atom. The second kappa shape index (κ2) is 4.49. The Labute approximate surface area is 64.4 Å². The molecule has 0 heterocycles. The van der Waals surface area contributed by atoms with Crippen molar-refractivity contribution in [3.8, 4) is 0 Å². The van der Waals surface area contributed by atoms with Crippen molar-refractivity contribution in [2.45, 2.75) is 5.38 Å². The lowest BCUT2D eigenvalue weighted by atomic mass is 10.3. The van der Waals surface area contributed by atoms with Gasteiger partial charge in [0, 0.05) is 11.8 Å². The van der Waals surface area contributed by atoms with Crippen LogP contribution in [0.2, 0.25) is 0 Å². The highest BCUT2D eigenvalue weighted by Crippen LogP contribution is 2.10. The average Bonchev–Trinajstić information content (AvgIpc) is 1.84. The maximum Gasteiger partial charge on any atom is 0.0689 e. The van der Waals surface area contributed by atoms with Crippen molar-refractivity contribution in [2.24, 2.45) is 0 Å². The average molecular weight is 173 g/mol. The van der Waals surface area contributed by atoms with Crippen molar-refractivity contribution in [3.05, 3.63) is 12.2 Å². The minimum Gasteiger partial charge on any atom is -0.125 e. The van der Waals surface area contributed by atoms with Crippen LogP contribution in [0.3, 0.4) is 0 Å². The first-order valence-corrected chi connectivity index (χ1v) is 3.66. The number of rotatable bonds is 3. The van der Waals surface area contributed by atoms with E-state index < -0.39 is 0 Å². The predicted molar refractivity (Wildman–Crippen MR) is 40.2 cm³/mol. The topological polar surface area (TPSA) is 0 Å². The molecule has 0 aromatic heterocycles. The van der Waals surface area contributed by atoms with Crippen molar-refractivity contribution < 1.29 is 0 Å². The number of hydrogen-bond acceptors (Lipinski definition) is 0. The fourth-order valence-electron chi connectivity index (χ4n) is 0.193. The molecule has 1 atom stereocenters. The van der Waals surface area contributed by atoms with Crippen molar-refractivity contribution in [1.29, 1.82) is 0 Å². The van der Waals surface area contributed by atoms with Gasteiger partial charge in [-0.2, -0.15) is 0 Å². The zero-order valence-electron chi connectivity index (χ0n) is 4.33. The summed E-state index contributed by atoms with van der Waals surface area (Å²) in [5.41, 5.74) is 0.781. The standard InChI is InChI=1S/C5H7Cl3/c1-4(2-6)5(8)3-7/h5H,1-3H2. The highest BCUT2D eigenvalue weighted by Gasteiger charge is 2.04. The van der Waals surface area contributed by atoms with Crippen molar-refractivity contribution in [2.75, 3.05) is 11.8 Å². The molecule has 0 aromatic carbocycles. The summed E-state index contributed by atoms with van der Waals surface area (Å²) in [6.45, 7) is 3.60. The second-order valence-corrected chi connectivity index (χ2v) is 2.52. The summed E-state index contributed by atoms with van der Waals surface area (Å²) in [4.78, 5) is 0. The number of halogens is 3. The van der Waals surface area contributed by atoms with Crippen LogP contribution in [-0.2, 0) is 0 Å². The fourth-order valence-corrected chi connectivity index (χ4v) is 0.753. The van der Waals surface area contributed by atoms with Gasteiger partial charge in [0.05, 0.1) is 5.38 Å². The zero-order chi connectivity index (χ0) is 6.57. The lowest BCUT2D eigenvalue weighted by Gasteiger charge is -2.03. The van der Waals surface area contributed by atoms with Gasteiger partial charge in [0.1, 0.15) is 0 Å². The molecular formula is C5H7Cl3. The molecule has 48 valence electrons. The molecular weight excluding hydrogens is 166 g/mol. The first kappa shape index (κ1) is 8.61. The first-order chi connectivity index (χ1) is 3.72. The van der Waals surface area contributed by atoms with E-state index in [0.29, 0.717) is 11.8 Å². The van der Waals surface area contributed by atoms with Gasteiger partial charge in [0.25, 0.3) is 0 Å². The van der Waals surface area contributed by atoms with Gasteiger partial charge in [-0.3, -0.25) is 0 Å². The third-order valence-electron chi connectivity index (χ3n) is 0.750. The Kier molecular flexibility index (Phi) is 4.83.